The third-order valence-electron chi connectivity index (χ3n) is 3.46. The van der Waals surface area contributed by atoms with E-state index in [0.717, 1.165) is 0 Å². The summed E-state index contributed by atoms with van der Waals surface area (Å²) in [6.07, 6.45) is 0. The number of methoxy groups -OCH3 is 2. The van der Waals surface area contributed by atoms with Gasteiger partial charge in [0.05, 0.1) is 38.7 Å². The van der Waals surface area contributed by atoms with Crippen LogP contribution >= 0.6 is 0 Å². The molecular weight excluding hydrogens is 322 g/mol. The number of nitrogens with one attached hydrogen (secondary N) is 1. The first-order valence-corrected chi connectivity index (χ1v) is 8.05. The number of benzene rings is 2. The summed E-state index contributed by atoms with van der Waals surface area (Å²) in [5.41, 5.74) is 0.929. The van der Waals surface area contributed by atoms with Crippen LogP contribution in [0.1, 0.15) is 24.2 Å². The Bertz CT molecular complexity index is 730. The number of anilines is 1. The van der Waals surface area contributed by atoms with Gasteiger partial charge in [-0.05, 0) is 38.1 Å². The van der Waals surface area contributed by atoms with E-state index in [4.69, 9.17) is 18.9 Å². The van der Waals surface area contributed by atoms with E-state index in [1.54, 1.807) is 50.6 Å². The van der Waals surface area contributed by atoms with Crippen LogP contribution in [0, 0.1) is 0 Å². The van der Waals surface area contributed by atoms with Crippen molar-refractivity contribution >= 4 is 11.6 Å². The Morgan fingerprint density at radius 3 is 2.24 bits per heavy atom. The highest BCUT2D eigenvalue weighted by molar-refractivity contribution is 6.07. The van der Waals surface area contributed by atoms with Crippen molar-refractivity contribution in [2.75, 3.05) is 32.8 Å². The Hall–Kier alpha value is -2.89. The fourth-order valence-electron chi connectivity index (χ4n) is 2.32. The van der Waals surface area contributed by atoms with Crippen LogP contribution < -0.4 is 24.3 Å². The first kappa shape index (κ1) is 18.4. The van der Waals surface area contributed by atoms with E-state index in [9.17, 15) is 4.79 Å². The van der Waals surface area contributed by atoms with Gasteiger partial charge in [0, 0.05) is 12.1 Å². The van der Waals surface area contributed by atoms with Gasteiger partial charge in [-0.25, -0.2) is 0 Å². The van der Waals surface area contributed by atoms with Crippen molar-refractivity contribution in [1.82, 2.24) is 0 Å². The highest BCUT2D eigenvalue weighted by Crippen LogP contribution is 2.31. The van der Waals surface area contributed by atoms with Gasteiger partial charge in [-0.3, -0.25) is 4.79 Å². The van der Waals surface area contributed by atoms with Crippen LogP contribution in [0.4, 0.5) is 5.69 Å². The highest BCUT2D eigenvalue weighted by atomic mass is 16.5. The fourth-order valence-corrected chi connectivity index (χ4v) is 2.32. The van der Waals surface area contributed by atoms with E-state index in [1.165, 1.54) is 0 Å². The molecule has 6 heteroatoms. The predicted molar refractivity (Wildman–Crippen MR) is 96.3 cm³/mol. The van der Waals surface area contributed by atoms with Crippen molar-refractivity contribution in [2.45, 2.75) is 13.8 Å². The van der Waals surface area contributed by atoms with Crippen LogP contribution in [0.25, 0.3) is 0 Å². The molecule has 2 aromatic carbocycles. The zero-order valence-corrected chi connectivity index (χ0v) is 14.9. The largest absolute Gasteiger partial charge is 0.497 e. The Balaban J connectivity index is 2.31. The van der Waals surface area contributed by atoms with Crippen LogP contribution in [0.3, 0.4) is 0 Å². The number of hydrogen-bond acceptors (Lipinski definition) is 5. The molecule has 0 aliphatic rings. The molecule has 1 amide bonds. The first-order chi connectivity index (χ1) is 12.1. The van der Waals surface area contributed by atoms with Gasteiger partial charge in [-0.1, -0.05) is 0 Å². The van der Waals surface area contributed by atoms with E-state index in [-0.39, 0.29) is 5.91 Å². The minimum absolute atomic E-state index is 0.307. The fraction of sp³-hybridized carbons (Fsp3) is 0.316. The molecule has 2 aromatic rings. The number of rotatable bonds is 8. The molecule has 0 atom stereocenters. The van der Waals surface area contributed by atoms with E-state index >= 15 is 0 Å². The quantitative estimate of drug-likeness (QED) is 0.789. The Kier molecular flexibility index (Phi) is 6.51. The molecule has 0 heterocycles. The normalized spacial score (nSPS) is 10.1. The number of carbonyl (C=O) groups is 1. The van der Waals surface area contributed by atoms with Crippen molar-refractivity contribution in [3.05, 3.63) is 42.0 Å². The number of ether oxygens (including phenoxy) is 4. The van der Waals surface area contributed by atoms with Gasteiger partial charge >= 0.3 is 0 Å². The van der Waals surface area contributed by atoms with E-state index < -0.39 is 0 Å². The lowest BCUT2D eigenvalue weighted by Gasteiger charge is -2.14. The molecule has 0 bridgehead atoms. The minimum atomic E-state index is -0.307. The smallest absolute Gasteiger partial charge is 0.259 e. The molecule has 0 fully saturated rings. The van der Waals surface area contributed by atoms with Crippen LogP contribution in [0.15, 0.2) is 36.4 Å². The second-order valence-corrected chi connectivity index (χ2v) is 5.04. The lowest BCUT2D eigenvalue weighted by molar-refractivity contribution is 0.102. The lowest BCUT2D eigenvalue weighted by atomic mass is 10.1. The first-order valence-electron chi connectivity index (χ1n) is 8.05. The molecule has 0 spiro atoms. The third-order valence-corrected chi connectivity index (χ3v) is 3.46. The van der Waals surface area contributed by atoms with Gasteiger partial charge < -0.3 is 24.3 Å². The topological polar surface area (TPSA) is 66.0 Å². The summed E-state index contributed by atoms with van der Waals surface area (Å²) in [5, 5.41) is 2.84. The second-order valence-electron chi connectivity index (χ2n) is 5.04. The number of amides is 1. The number of hydrogen-bond donors (Lipinski definition) is 1. The zero-order valence-electron chi connectivity index (χ0n) is 14.9. The van der Waals surface area contributed by atoms with E-state index in [1.807, 2.05) is 13.8 Å². The highest BCUT2D eigenvalue weighted by Gasteiger charge is 2.16. The molecule has 0 saturated heterocycles. The van der Waals surface area contributed by atoms with Crippen molar-refractivity contribution in [3.63, 3.8) is 0 Å². The summed E-state index contributed by atoms with van der Waals surface area (Å²) in [4.78, 5) is 12.7. The van der Waals surface area contributed by atoms with Crippen molar-refractivity contribution in [2.24, 2.45) is 0 Å². The van der Waals surface area contributed by atoms with Crippen molar-refractivity contribution in [3.8, 4) is 23.0 Å². The summed E-state index contributed by atoms with van der Waals surface area (Å²) in [7, 11) is 3.10. The summed E-state index contributed by atoms with van der Waals surface area (Å²) in [6.45, 7) is 4.74. The molecule has 1 N–H and O–H groups in total. The molecule has 0 radical (unpaired) electrons. The van der Waals surface area contributed by atoms with Crippen LogP contribution in [-0.2, 0) is 0 Å². The molecule has 2 rings (SSSR count). The van der Waals surface area contributed by atoms with Crippen molar-refractivity contribution in [1.29, 1.82) is 0 Å². The second kappa shape index (κ2) is 8.82. The van der Waals surface area contributed by atoms with E-state index in [2.05, 4.69) is 5.32 Å². The monoisotopic (exact) mass is 345 g/mol. The summed E-state index contributed by atoms with van der Waals surface area (Å²) < 4.78 is 21.5. The van der Waals surface area contributed by atoms with Gasteiger partial charge in [0.1, 0.15) is 23.0 Å². The summed E-state index contributed by atoms with van der Waals surface area (Å²) in [5.74, 6) is 1.97. The Morgan fingerprint density at radius 1 is 0.880 bits per heavy atom. The maximum atomic E-state index is 12.7. The molecule has 0 aromatic heterocycles. The van der Waals surface area contributed by atoms with Gasteiger partial charge in [0.25, 0.3) is 5.91 Å². The van der Waals surface area contributed by atoms with E-state index in [0.29, 0.717) is 47.5 Å². The number of carbonyl (C=O) groups excluding carboxylic acids is 1. The molecule has 0 unspecified atom stereocenters. The van der Waals surface area contributed by atoms with Gasteiger partial charge in [0.2, 0.25) is 0 Å². The molecule has 0 aliphatic carbocycles. The SMILES string of the molecule is CCOc1ccc(C(=O)Nc2cc(OC)ccc2OC)c(OCC)c1. The molecule has 25 heavy (non-hydrogen) atoms. The van der Waals surface area contributed by atoms with Gasteiger partial charge in [-0.2, -0.15) is 0 Å². The summed E-state index contributed by atoms with van der Waals surface area (Å²) >= 11 is 0. The van der Waals surface area contributed by atoms with Crippen LogP contribution in [0.2, 0.25) is 0 Å². The average Bonchev–Trinajstić information content (AvgIpc) is 2.62. The molecular formula is C19H23NO5. The molecule has 0 aliphatic heterocycles. The maximum Gasteiger partial charge on any atom is 0.259 e. The molecule has 0 saturated carbocycles. The average molecular weight is 345 g/mol. The third kappa shape index (κ3) is 4.56. The maximum absolute atomic E-state index is 12.7. The van der Waals surface area contributed by atoms with Crippen LogP contribution in [0.5, 0.6) is 23.0 Å². The Morgan fingerprint density at radius 2 is 1.60 bits per heavy atom. The molecule has 6 nitrogen and oxygen atoms in total. The zero-order chi connectivity index (χ0) is 18.2. The Labute approximate surface area is 147 Å². The van der Waals surface area contributed by atoms with Gasteiger partial charge in [-0.15, -0.1) is 0 Å². The standard InChI is InChI=1S/C19H23NO5/c1-5-24-14-7-9-15(18(12-14)25-6-2)19(21)20-16-11-13(22-3)8-10-17(16)23-4/h7-12H,5-6H2,1-4H3,(H,20,21). The van der Waals surface area contributed by atoms with Crippen molar-refractivity contribution < 1.29 is 23.7 Å². The van der Waals surface area contributed by atoms with Gasteiger partial charge in [0.15, 0.2) is 0 Å². The summed E-state index contributed by atoms with van der Waals surface area (Å²) in [6, 6.07) is 10.3. The lowest BCUT2D eigenvalue weighted by Crippen LogP contribution is -2.14. The predicted octanol–water partition coefficient (Wildman–Crippen LogP) is 3.75. The molecule has 134 valence electrons. The van der Waals surface area contributed by atoms with Crippen LogP contribution in [-0.4, -0.2) is 33.3 Å². The minimum Gasteiger partial charge on any atom is -0.497 e.